The maximum atomic E-state index is 12.4. The number of ether oxygens (including phenoxy) is 1. The van der Waals surface area contributed by atoms with Gasteiger partial charge in [0.15, 0.2) is 0 Å². The van der Waals surface area contributed by atoms with Crippen LogP contribution in [0.2, 0.25) is 0 Å². The molecule has 0 spiro atoms. The molecule has 6 nitrogen and oxygen atoms in total. The van der Waals surface area contributed by atoms with E-state index in [0.29, 0.717) is 11.7 Å². The molecule has 0 radical (unpaired) electrons. The van der Waals surface area contributed by atoms with Crippen LogP contribution >= 0.6 is 0 Å². The summed E-state index contributed by atoms with van der Waals surface area (Å²) < 4.78 is 8.84. The molecule has 3 aromatic heterocycles. The summed E-state index contributed by atoms with van der Waals surface area (Å²) in [6.07, 6.45) is 6.96. The van der Waals surface area contributed by atoms with E-state index < -0.39 is 11.7 Å². The van der Waals surface area contributed by atoms with Gasteiger partial charge in [-0.3, -0.25) is 4.68 Å². The van der Waals surface area contributed by atoms with E-state index in [2.05, 4.69) is 23.9 Å². The summed E-state index contributed by atoms with van der Waals surface area (Å²) in [4.78, 5) is 16.9. The first-order chi connectivity index (χ1) is 11.7. The molecule has 0 aliphatic carbocycles. The summed E-state index contributed by atoms with van der Waals surface area (Å²) in [6, 6.07) is 2.35. The number of aromatic nitrogens is 4. The van der Waals surface area contributed by atoms with Crippen molar-refractivity contribution in [3.8, 4) is 11.1 Å². The van der Waals surface area contributed by atoms with E-state index in [9.17, 15) is 4.79 Å². The first-order valence-electron chi connectivity index (χ1n) is 8.41. The zero-order valence-corrected chi connectivity index (χ0v) is 15.6. The Hall–Kier alpha value is -2.63. The second kappa shape index (κ2) is 6.02. The Bertz CT molecular complexity index is 929. The first kappa shape index (κ1) is 17.2. The fourth-order valence-electron chi connectivity index (χ4n) is 2.64. The maximum absolute atomic E-state index is 12.4. The molecule has 0 amide bonds. The molecule has 3 aromatic rings. The molecule has 0 aliphatic heterocycles. The number of hydrogen-bond acceptors (Lipinski definition) is 4. The van der Waals surface area contributed by atoms with Gasteiger partial charge < -0.3 is 4.74 Å². The normalized spacial score (nSPS) is 12.1. The molecule has 0 aliphatic rings. The molecule has 6 heteroatoms. The number of fused-ring (bicyclic) bond motifs is 1. The number of carbonyl (C=O) groups is 1. The molecule has 3 heterocycles. The van der Waals surface area contributed by atoms with E-state index in [1.54, 1.807) is 12.4 Å². The van der Waals surface area contributed by atoms with Crippen LogP contribution in [-0.2, 0) is 4.74 Å². The third-order valence-electron chi connectivity index (χ3n) is 3.90. The van der Waals surface area contributed by atoms with Gasteiger partial charge in [-0.25, -0.2) is 14.3 Å². The monoisotopic (exact) mass is 340 g/mol. The molecule has 0 N–H and O–H groups in total. The van der Waals surface area contributed by atoms with Gasteiger partial charge in [-0.15, -0.1) is 0 Å². The molecule has 132 valence electrons. The number of hydrogen-bond donors (Lipinski definition) is 0. The lowest BCUT2D eigenvalue weighted by Crippen LogP contribution is -2.26. The minimum atomic E-state index is -0.549. The van der Waals surface area contributed by atoms with Crippen molar-refractivity contribution in [2.24, 2.45) is 0 Å². The molecule has 0 fully saturated rings. The largest absolute Gasteiger partial charge is 0.443 e. The van der Waals surface area contributed by atoms with Crippen molar-refractivity contribution < 1.29 is 9.53 Å². The average Bonchev–Trinajstić information content (AvgIpc) is 3.11. The maximum Gasteiger partial charge on any atom is 0.420 e. The molecule has 3 rings (SSSR count). The fourth-order valence-corrected chi connectivity index (χ4v) is 2.64. The Morgan fingerprint density at radius 1 is 1.16 bits per heavy atom. The van der Waals surface area contributed by atoms with Gasteiger partial charge in [-0.1, -0.05) is 0 Å². The summed E-state index contributed by atoms with van der Waals surface area (Å²) in [5.41, 5.74) is 3.02. The topological polar surface area (TPSA) is 61.9 Å². The van der Waals surface area contributed by atoms with Crippen molar-refractivity contribution in [3.63, 3.8) is 0 Å². The number of pyridine rings is 1. The standard InChI is InChI=1S/C19H24N4O2/c1-12(2)23-11-15(9-21-23)14-7-16-13(3)10-22(17(16)20-8-14)18(24)25-19(4,5)6/h7-12H,1-6H3. The van der Waals surface area contributed by atoms with Crippen molar-refractivity contribution in [2.45, 2.75) is 53.2 Å². The molecule has 0 aromatic carbocycles. The van der Waals surface area contributed by atoms with Crippen molar-refractivity contribution in [3.05, 3.63) is 36.4 Å². The van der Waals surface area contributed by atoms with Gasteiger partial charge in [0.25, 0.3) is 0 Å². The van der Waals surface area contributed by atoms with E-state index in [1.165, 1.54) is 4.57 Å². The fraction of sp³-hybridized carbons (Fsp3) is 0.421. The van der Waals surface area contributed by atoms with Crippen molar-refractivity contribution >= 4 is 17.1 Å². The van der Waals surface area contributed by atoms with Crippen LogP contribution in [0, 0.1) is 6.92 Å². The predicted octanol–water partition coefficient (Wildman–Crippen LogP) is 4.57. The third kappa shape index (κ3) is 3.43. The van der Waals surface area contributed by atoms with Crippen LogP contribution in [0.4, 0.5) is 4.79 Å². The van der Waals surface area contributed by atoms with Crippen LogP contribution < -0.4 is 0 Å². The van der Waals surface area contributed by atoms with Crippen LogP contribution in [0.3, 0.4) is 0 Å². The second-order valence-corrected chi connectivity index (χ2v) is 7.56. The molecule has 25 heavy (non-hydrogen) atoms. The van der Waals surface area contributed by atoms with Crippen LogP contribution in [0.5, 0.6) is 0 Å². The van der Waals surface area contributed by atoms with E-state index in [0.717, 1.165) is 22.1 Å². The lowest BCUT2D eigenvalue weighted by atomic mass is 10.1. The van der Waals surface area contributed by atoms with Gasteiger partial charge in [0, 0.05) is 41.1 Å². The Morgan fingerprint density at radius 2 is 1.88 bits per heavy atom. The molecule has 0 unspecified atom stereocenters. The molecule has 0 saturated carbocycles. The average molecular weight is 340 g/mol. The lowest BCUT2D eigenvalue weighted by Gasteiger charge is -2.19. The zero-order valence-electron chi connectivity index (χ0n) is 15.6. The highest BCUT2D eigenvalue weighted by Gasteiger charge is 2.21. The van der Waals surface area contributed by atoms with Crippen LogP contribution in [0.15, 0.2) is 30.9 Å². The van der Waals surface area contributed by atoms with Crippen molar-refractivity contribution in [2.75, 3.05) is 0 Å². The van der Waals surface area contributed by atoms with Crippen LogP contribution in [0.25, 0.3) is 22.2 Å². The minimum Gasteiger partial charge on any atom is -0.443 e. The summed E-state index contributed by atoms with van der Waals surface area (Å²) in [5.74, 6) is 0. The third-order valence-corrected chi connectivity index (χ3v) is 3.90. The van der Waals surface area contributed by atoms with Gasteiger partial charge >= 0.3 is 6.09 Å². The number of carbonyl (C=O) groups excluding carboxylic acids is 1. The van der Waals surface area contributed by atoms with Gasteiger partial charge in [-0.2, -0.15) is 5.10 Å². The Morgan fingerprint density at radius 3 is 2.48 bits per heavy atom. The number of rotatable bonds is 2. The first-order valence-corrected chi connectivity index (χ1v) is 8.41. The highest BCUT2D eigenvalue weighted by molar-refractivity contribution is 5.91. The zero-order chi connectivity index (χ0) is 18.4. The summed E-state index contributed by atoms with van der Waals surface area (Å²) >= 11 is 0. The van der Waals surface area contributed by atoms with Crippen molar-refractivity contribution in [1.82, 2.24) is 19.3 Å². The summed E-state index contributed by atoms with van der Waals surface area (Å²) in [5, 5.41) is 5.31. The second-order valence-electron chi connectivity index (χ2n) is 7.56. The molecule has 0 bridgehead atoms. The SMILES string of the molecule is Cc1cn(C(=O)OC(C)(C)C)c2ncc(-c3cnn(C(C)C)c3)cc12. The predicted molar refractivity (Wildman–Crippen MR) is 97.7 cm³/mol. The summed E-state index contributed by atoms with van der Waals surface area (Å²) in [7, 11) is 0. The number of nitrogens with zero attached hydrogens (tertiary/aromatic N) is 4. The Kier molecular flexibility index (Phi) is 4.14. The smallest absolute Gasteiger partial charge is 0.420 e. The van der Waals surface area contributed by atoms with Crippen molar-refractivity contribution in [1.29, 1.82) is 0 Å². The van der Waals surface area contributed by atoms with E-state index in [1.807, 2.05) is 50.8 Å². The number of aryl methyl sites for hydroxylation is 1. The molecular weight excluding hydrogens is 316 g/mol. The highest BCUT2D eigenvalue weighted by Crippen LogP contribution is 2.27. The Labute approximate surface area is 147 Å². The minimum absolute atomic E-state index is 0.306. The van der Waals surface area contributed by atoms with Gasteiger partial charge in [0.2, 0.25) is 0 Å². The van der Waals surface area contributed by atoms with E-state index >= 15 is 0 Å². The highest BCUT2D eigenvalue weighted by atomic mass is 16.6. The van der Waals surface area contributed by atoms with E-state index in [4.69, 9.17) is 4.74 Å². The van der Waals surface area contributed by atoms with Crippen LogP contribution in [-0.4, -0.2) is 31.0 Å². The molecule has 0 atom stereocenters. The Balaban J connectivity index is 2.01. The van der Waals surface area contributed by atoms with Gasteiger partial charge in [-0.05, 0) is 53.2 Å². The molecule has 0 saturated heterocycles. The quantitative estimate of drug-likeness (QED) is 0.685. The van der Waals surface area contributed by atoms with Gasteiger partial charge in [0.1, 0.15) is 11.2 Å². The summed E-state index contributed by atoms with van der Waals surface area (Å²) in [6.45, 7) is 11.7. The molecular formula is C19H24N4O2. The van der Waals surface area contributed by atoms with E-state index in [-0.39, 0.29) is 0 Å². The van der Waals surface area contributed by atoms with Crippen LogP contribution in [0.1, 0.15) is 46.2 Å². The lowest BCUT2D eigenvalue weighted by molar-refractivity contribution is 0.0543. The van der Waals surface area contributed by atoms with Gasteiger partial charge in [0.05, 0.1) is 6.20 Å².